The predicted molar refractivity (Wildman–Crippen MR) is 143 cm³/mol. The Morgan fingerprint density at radius 1 is 1.18 bits per heavy atom. The van der Waals surface area contributed by atoms with Crippen LogP contribution in [0.25, 0.3) is 0 Å². The first-order valence-electron chi connectivity index (χ1n) is 12.1. The number of carbonyl (C=O) groups is 2. The second-order valence-electron chi connectivity index (χ2n) is 10.7. The first kappa shape index (κ1) is 28.6. The smallest absolute Gasteiger partial charge is 0.284 e. The molecule has 2 heterocycles. The Morgan fingerprint density at radius 2 is 1.90 bits per heavy atom. The summed E-state index contributed by atoms with van der Waals surface area (Å²) in [4.78, 5) is 25.2. The van der Waals surface area contributed by atoms with Crippen molar-refractivity contribution in [3.05, 3.63) is 87.1 Å². The lowest BCUT2D eigenvalue weighted by atomic mass is 9.62. The van der Waals surface area contributed by atoms with Crippen LogP contribution in [0, 0.1) is 28.4 Å². The first-order chi connectivity index (χ1) is 18.3. The van der Waals surface area contributed by atoms with E-state index in [1.807, 2.05) is 20.8 Å². The maximum Gasteiger partial charge on any atom is 0.284 e. The third kappa shape index (κ3) is 5.37. The molecular weight excluding hydrogens is 549 g/mol. The molecule has 0 unspecified atom stereocenters. The van der Waals surface area contributed by atoms with Crippen molar-refractivity contribution in [3.63, 3.8) is 0 Å². The summed E-state index contributed by atoms with van der Waals surface area (Å²) in [6.45, 7) is 5.81. The van der Waals surface area contributed by atoms with E-state index in [4.69, 9.17) is 33.4 Å². The third-order valence-corrected chi connectivity index (χ3v) is 7.35. The normalized spacial score (nSPS) is 22.9. The summed E-state index contributed by atoms with van der Waals surface area (Å²) in [5.74, 6) is -4.63. The Labute approximate surface area is 234 Å². The number of nitriles is 1. The van der Waals surface area contributed by atoms with Crippen LogP contribution in [-0.2, 0) is 10.2 Å². The van der Waals surface area contributed by atoms with E-state index >= 15 is 8.78 Å². The average Bonchev–Trinajstić information content (AvgIpc) is 3.43. The van der Waals surface area contributed by atoms with E-state index in [0.29, 0.717) is 6.42 Å². The van der Waals surface area contributed by atoms with E-state index in [9.17, 15) is 14.9 Å². The molecule has 1 saturated heterocycles. The van der Waals surface area contributed by atoms with E-state index in [0.717, 1.165) is 6.07 Å². The molecule has 1 aliphatic heterocycles. The van der Waals surface area contributed by atoms with Crippen LogP contribution in [-0.4, -0.2) is 23.9 Å². The Hall–Kier alpha value is -3.45. The topological polar surface area (TPSA) is 121 Å². The van der Waals surface area contributed by atoms with Crippen LogP contribution in [0.4, 0.5) is 14.7 Å². The zero-order chi connectivity index (χ0) is 28.7. The molecule has 0 saturated carbocycles. The maximum atomic E-state index is 15.6. The van der Waals surface area contributed by atoms with Crippen molar-refractivity contribution >= 4 is 40.9 Å². The highest BCUT2D eigenvalue weighted by Crippen LogP contribution is 2.52. The van der Waals surface area contributed by atoms with E-state index in [1.165, 1.54) is 42.5 Å². The number of carbonyl (C=O) groups excluding carboxylic acids is 2. The van der Waals surface area contributed by atoms with Gasteiger partial charge in [-0.1, -0.05) is 62.2 Å². The Bertz CT molecular complexity index is 1480. The molecule has 4 N–H and O–H groups in total. The largest absolute Gasteiger partial charge is 0.435 e. The average molecular weight is 575 g/mol. The van der Waals surface area contributed by atoms with Crippen LogP contribution in [0.5, 0.6) is 0 Å². The van der Waals surface area contributed by atoms with Gasteiger partial charge in [0.2, 0.25) is 5.91 Å². The van der Waals surface area contributed by atoms with Crippen molar-refractivity contribution in [3.8, 4) is 6.07 Å². The summed E-state index contributed by atoms with van der Waals surface area (Å²) in [7, 11) is 0. The number of nitrogens with zero attached hydrogens (tertiary/aromatic N) is 1. The zero-order valence-electron chi connectivity index (χ0n) is 21.3. The SMILES string of the molecule is CC(C)(C)C[C@@H]1N[C@@H](C(=O)Nc2ccc(C(N)=O)o2)[C@H](c2cccc(Cl)c2F)[C@@]1(C#N)c1ccc(Cl)cc1F. The highest BCUT2D eigenvalue weighted by Gasteiger charge is 2.61. The molecule has 1 aromatic heterocycles. The molecular formula is C28H26Cl2F2N4O3. The van der Waals surface area contributed by atoms with Crippen LogP contribution >= 0.6 is 23.2 Å². The van der Waals surface area contributed by atoms with Crippen molar-refractivity contribution in [1.29, 1.82) is 5.26 Å². The van der Waals surface area contributed by atoms with Crippen LogP contribution in [0.2, 0.25) is 10.0 Å². The van der Waals surface area contributed by atoms with E-state index in [1.54, 1.807) is 0 Å². The molecule has 2 aromatic carbocycles. The summed E-state index contributed by atoms with van der Waals surface area (Å²) in [6, 6.07) is 11.0. The van der Waals surface area contributed by atoms with E-state index in [-0.39, 0.29) is 38.2 Å². The number of nitrogens with one attached hydrogen (secondary N) is 2. The number of furan rings is 1. The Morgan fingerprint density at radius 3 is 2.49 bits per heavy atom. The number of halogens is 4. The highest BCUT2D eigenvalue weighted by molar-refractivity contribution is 6.31. The lowest BCUT2D eigenvalue weighted by Crippen LogP contribution is -2.44. The van der Waals surface area contributed by atoms with Crippen LogP contribution in [0.1, 0.15) is 54.8 Å². The minimum Gasteiger partial charge on any atom is -0.435 e. The monoisotopic (exact) mass is 574 g/mol. The number of rotatable bonds is 6. The third-order valence-electron chi connectivity index (χ3n) is 6.83. The molecule has 1 fully saturated rings. The van der Waals surface area contributed by atoms with Gasteiger partial charge in [-0.05, 0) is 41.7 Å². The number of benzene rings is 2. The minimum atomic E-state index is -1.77. The van der Waals surface area contributed by atoms with Crippen molar-refractivity contribution < 1.29 is 22.8 Å². The molecule has 204 valence electrons. The highest BCUT2D eigenvalue weighted by atomic mass is 35.5. The van der Waals surface area contributed by atoms with Gasteiger partial charge < -0.3 is 15.5 Å². The van der Waals surface area contributed by atoms with Gasteiger partial charge in [0.1, 0.15) is 17.0 Å². The van der Waals surface area contributed by atoms with Crippen molar-refractivity contribution in [2.45, 2.75) is 50.6 Å². The Kier molecular flexibility index (Phi) is 7.77. The fourth-order valence-corrected chi connectivity index (χ4v) is 5.63. The summed E-state index contributed by atoms with van der Waals surface area (Å²) >= 11 is 12.2. The number of nitrogens with two attached hydrogens (primary N) is 1. The number of hydrogen-bond acceptors (Lipinski definition) is 5. The maximum absolute atomic E-state index is 15.6. The van der Waals surface area contributed by atoms with Gasteiger partial charge in [0.15, 0.2) is 11.6 Å². The lowest BCUT2D eigenvalue weighted by Gasteiger charge is -2.37. The predicted octanol–water partition coefficient (Wildman–Crippen LogP) is 5.92. The van der Waals surface area contributed by atoms with Crippen LogP contribution in [0.3, 0.4) is 0 Å². The molecule has 0 bridgehead atoms. The molecule has 1 aliphatic rings. The second-order valence-corrected chi connectivity index (χ2v) is 11.5. The van der Waals surface area contributed by atoms with Crippen molar-refractivity contribution in [1.82, 2.24) is 5.32 Å². The van der Waals surface area contributed by atoms with Gasteiger partial charge in [0, 0.05) is 28.6 Å². The Balaban J connectivity index is 1.94. The summed E-state index contributed by atoms with van der Waals surface area (Å²) in [6.07, 6.45) is 0.317. The fraction of sp³-hybridized carbons (Fsp3) is 0.321. The lowest BCUT2D eigenvalue weighted by molar-refractivity contribution is -0.118. The number of primary amides is 1. The van der Waals surface area contributed by atoms with Crippen molar-refractivity contribution in [2.24, 2.45) is 11.1 Å². The standard InChI is InChI=1S/C28H26Cl2F2N4O3/c1-27(2,3)12-20-28(13-33,16-8-7-14(29)11-18(16)31)22(15-5-4-6-17(30)23(15)32)24(35-20)26(38)36-21-10-9-19(39-21)25(34)37/h4-11,20,22,24,35H,12H2,1-3H3,(H2,34,37)(H,36,38)/t20-,22-,24+,28-/m0/s1. The molecule has 4 rings (SSSR count). The first-order valence-corrected chi connectivity index (χ1v) is 12.8. The quantitative estimate of drug-likeness (QED) is 0.337. The second kappa shape index (κ2) is 10.6. The van der Waals surface area contributed by atoms with Gasteiger partial charge in [0.05, 0.1) is 17.1 Å². The van der Waals surface area contributed by atoms with Gasteiger partial charge in [-0.15, -0.1) is 0 Å². The zero-order valence-corrected chi connectivity index (χ0v) is 22.8. The summed E-state index contributed by atoms with van der Waals surface area (Å²) in [5, 5.41) is 16.5. The van der Waals surface area contributed by atoms with Gasteiger partial charge in [-0.3, -0.25) is 14.9 Å². The van der Waals surface area contributed by atoms with E-state index < -0.39 is 46.9 Å². The minimum absolute atomic E-state index is 0.0372. The fourth-order valence-electron chi connectivity index (χ4n) is 5.29. The molecule has 0 aliphatic carbocycles. The van der Waals surface area contributed by atoms with Gasteiger partial charge in [0.25, 0.3) is 5.91 Å². The van der Waals surface area contributed by atoms with Gasteiger partial charge >= 0.3 is 0 Å². The summed E-state index contributed by atoms with van der Waals surface area (Å²) < 4.78 is 36.6. The van der Waals surface area contributed by atoms with Crippen molar-refractivity contribution in [2.75, 3.05) is 5.32 Å². The molecule has 7 nitrogen and oxygen atoms in total. The van der Waals surface area contributed by atoms with Crippen LogP contribution in [0.15, 0.2) is 52.9 Å². The van der Waals surface area contributed by atoms with Crippen LogP contribution < -0.4 is 16.4 Å². The number of amides is 2. The molecule has 0 radical (unpaired) electrons. The van der Waals surface area contributed by atoms with E-state index in [2.05, 4.69) is 16.7 Å². The molecule has 2 amide bonds. The number of hydrogen-bond donors (Lipinski definition) is 3. The molecule has 3 aromatic rings. The molecule has 11 heteroatoms. The van der Waals surface area contributed by atoms with Gasteiger partial charge in [-0.25, -0.2) is 8.78 Å². The molecule has 0 spiro atoms. The number of anilines is 1. The molecule has 39 heavy (non-hydrogen) atoms. The summed E-state index contributed by atoms with van der Waals surface area (Å²) in [5.41, 5.74) is 3.00. The van der Waals surface area contributed by atoms with Gasteiger partial charge in [-0.2, -0.15) is 5.26 Å². The molecule has 4 atom stereocenters.